The monoisotopic (exact) mass is 222 g/mol. The predicted octanol–water partition coefficient (Wildman–Crippen LogP) is 1.23. The summed E-state index contributed by atoms with van der Waals surface area (Å²) in [4.78, 5) is 14.5. The van der Waals surface area contributed by atoms with Crippen molar-refractivity contribution in [2.75, 3.05) is 13.1 Å². The topological polar surface area (TPSA) is 46.3 Å². The van der Waals surface area contributed by atoms with Crippen LogP contribution in [0.4, 0.5) is 0 Å². The van der Waals surface area contributed by atoms with Crippen LogP contribution in [0.1, 0.15) is 32.6 Å². The number of amides is 1. The highest BCUT2D eigenvalue weighted by molar-refractivity contribution is 5.80. The van der Waals surface area contributed by atoms with E-state index in [-0.39, 0.29) is 0 Å². The third-order valence-electron chi connectivity index (χ3n) is 5.00. The Kier molecular flexibility index (Phi) is 2.46. The lowest BCUT2D eigenvalue weighted by Crippen LogP contribution is -2.44. The highest BCUT2D eigenvalue weighted by atomic mass is 16.2. The second kappa shape index (κ2) is 3.73. The highest BCUT2D eigenvalue weighted by Gasteiger charge is 2.49. The van der Waals surface area contributed by atoms with Crippen molar-refractivity contribution in [3.63, 3.8) is 0 Å². The molecule has 3 aliphatic rings. The molecule has 0 spiro atoms. The number of carbonyl (C=O) groups is 1. The molecule has 2 N–H and O–H groups in total. The summed E-state index contributed by atoms with van der Waals surface area (Å²) in [5.41, 5.74) is 5.79. The van der Waals surface area contributed by atoms with Gasteiger partial charge in [-0.2, -0.15) is 0 Å². The molecule has 0 aromatic rings. The third kappa shape index (κ3) is 1.56. The molecule has 1 aliphatic heterocycles. The summed E-state index contributed by atoms with van der Waals surface area (Å²) in [6.07, 6.45) is 4.84. The van der Waals surface area contributed by atoms with Crippen LogP contribution in [0.3, 0.4) is 0 Å². The molecule has 90 valence electrons. The van der Waals surface area contributed by atoms with Gasteiger partial charge in [0.15, 0.2) is 0 Å². The second-order valence-corrected chi connectivity index (χ2v) is 6.02. The van der Waals surface area contributed by atoms with Crippen molar-refractivity contribution in [3.8, 4) is 0 Å². The lowest BCUT2D eigenvalue weighted by atomic mass is 9.99. The molecule has 0 bridgehead atoms. The largest absolute Gasteiger partial charge is 0.338 e. The lowest BCUT2D eigenvalue weighted by molar-refractivity contribution is -0.136. The Morgan fingerprint density at radius 2 is 2.00 bits per heavy atom. The average molecular weight is 222 g/mol. The van der Waals surface area contributed by atoms with E-state index in [1.54, 1.807) is 0 Å². The zero-order valence-corrected chi connectivity index (χ0v) is 10.1. The molecule has 16 heavy (non-hydrogen) atoms. The van der Waals surface area contributed by atoms with Gasteiger partial charge in [-0.1, -0.05) is 6.92 Å². The minimum atomic E-state index is 0.310. The van der Waals surface area contributed by atoms with Gasteiger partial charge in [0.2, 0.25) is 5.91 Å². The minimum absolute atomic E-state index is 0.310. The Labute approximate surface area is 97.4 Å². The Morgan fingerprint density at radius 3 is 2.62 bits per heavy atom. The number of nitrogens with two attached hydrogens (primary N) is 1. The maximum Gasteiger partial charge on any atom is 0.226 e. The molecular formula is C13H22N2O. The van der Waals surface area contributed by atoms with Crippen LogP contribution in [-0.4, -0.2) is 29.9 Å². The third-order valence-corrected chi connectivity index (χ3v) is 5.00. The van der Waals surface area contributed by atoms with Gasteiger partial charge < -0.3 is 10.6 Å². The number of carbonyl (C=O) groups excluding carboxylic acids is 1. The van der Waals surface area contributed by atoms with Gasteiger partial charge in [-0.25, -0.2) is 0 Å². The van der Waals surface area contributed by atoms with Crippen LogP contribution < -0.4 is 5.73 Å². The first kappa shape index (κ1) is 10.6. The van der Waals surface area contributed by atoms with Gasteiger partial charge in [0.05, 0.1) is 0 Å². The minimum Gasteiger partial charge on any atom is -0.338 e. The molecule has 0 radical (unpaired) electrons. The quantitative estimate of drug-likeness (QED) is 0.764. The maximum atomic E-state index is 12.4. The van der Waals surface area contributed by atoms with E-state index in [9.17, 15) is 4.79 Å². The molecule has 2 saturated carbocycles. The molecule has 0 aromatic heterocycles. The van der Waals surface area contributed by atoms with Crippen molar-refractivity contribution in [2.24, 2.45) is 29.4 Å². The van der Waals surface area contributed by atoms with E-state index in [1.165, 1.54) is 6.42 Å². The van der Waals surface area contributed by atoms with E-state index in [0.29, 0.717) is 30.3 Å². The van der Waals surface area contributed by atoms with Crippen molar-refractivity contribution in [1.29, 1.82) is 0 Å². The summed E-state index contributed by atoms with van der Waals surface area (Å²) < 4.78 is 0. The molecule has 4 atom stereocenters. The molecule has 0 aromatic carbocycles. The predicted molar refractivity (Wildman–Crippen MR) is 62.7 cm³/mol. The molecule has 1 saturated heterocycles. The van der Waals surface area contributed by atoms with Crippen LogP contribution in [0.2, 0.25) is 0 Å². The summed E-state index contributed by atoms with van der Waals surface area (Å²) in [7, 11) is 0. The van der Waals surface area contributed by atoms with Gasteiger partial charge in [0, 0.05) is 25.0 Å². The first-order valence-corrected chi connectivity index (χ1v) is 6.71. The number of fused-ring (bicyclic) bond motifs is 1. The smallest absolute Gasteiger partial charge is 0.226 e. The van der Waals surface area contributed by atoms with Gasteiger partial charge >= 0.3 is 0 Å². The molecule has 3 rings (SSSR count). The summed E-state index contributed by atoms with van der Waals surface area (Å²) in [5, 5.41) is 0. The van der Waals surface area contributed by atoms with Crippen molar-refractivity contribution in [3.05, 3.63) is 0 Å². The van der Waals surface area contributed by atoms with Crippen LogP contribution >= 0.6 is 0 Å². The van der Waals surface area contributed by atoms with Crippen LogP contribution in [-0.2, 0) is 4.79 Å². The molecule has 2 aliphatic carbocycles. The Morgan fingerprint density at radius 1 is 1.31 bits per heavy atom. The van der Waals surface area contributed by atoms with Gasteiger partial charge in [-0.3, -0.25) is 4.79 Å². The molecule has 3 fully saturated rings. The fraction of sp³-hybridized carbons (Fsp3) is 0.923. The second-order valence-electron chi connectivity index (χ2n) is 6.02. The van der Waals surface area contributed by atoms with Gasteiger partial charge in [0.1, 0.15) is 0 Å². The molecule has 1 amide bonds. The van der Waals surface area contributed by atoms with Gasteiger partial charge in [-0.15, -0.1) is 0 Å². The standard InChI is InChI=1S/C13H22N2O/c1-8-2-3-15(12(8)7-14)13(16)11-5-9-4-10(9)6-11/h8-12H,2-7,14H2,1H3. The SMILES string of the molecule is CC1CCN(C(=O)C2CC3CC3C2)C1CN. The van der Waals surface area contributed by atoms with Crippen molar-refractivity contribution in [2.45, 2.75) is 38.6 Å². The van der Waals surface area contributed by atoms with E-state index in [2.05, 4.69) is 11.8 Å². The Bertz CT molecular complexity index is 294. The zero-order chi connectivity index (χ0) is 11.3. The molecular weight excluding hydrogens is 200 g/mol. The fourth-order valence-electron chi connectivity index (χ4n) is 3.79. The summed E-state index contributed by atoms with van der Waals surface area (Å²) >= 11 is 0. The number of nitrogens with zero attached hydrogens (tertiary/aromatic N) is 1. The van der Waals surface area contributed by atoms with Crippen LogP contribution in [0.5, 0.6) is 0 Å². The van der Waals surface area contributed by atoms with Crippen LogP contribution in [0.15, 0.2) is 0 Å². The number of hydrogen-bond acceptors (Lipinski definition) is 2. The van der Waals surface area contributed by atoms with Crippen LogP contribution in [0.25, 0.3) is 0 Å². The average Bonchev–Trinajstić information content (AvgIpc) is 2.74. The van der Waals surface area contributed by atoms with Gasteiger partial charge in [-0.05, 0) is 43.4 Å². The number of likely N-dealkylation sites (tertiary alicyclic amines) is 1. The maximum absolute atomic E-state index is 12.4. The van der Waals surface area contributed by atoms with E-state index in [0.717, 1.165) is 37.6 Å². The van der Waals surface area contributed by atoms with E-state index in [1.807, 2.05) is 0 Å². The molecule has 3 nitrogen and oxygen atoms in total. The molecule has 1 heterocycles. The number of hydrogen-bond donors (Lipinski definition) is 1. The first-order chi connectivity index (χ1) is 7.70. The van der Waals surface area contributed by atoms with Crippen molar-refractivity contribution < 1.29 is 4.79 Å². The van der Waals surface area contributed by atoms with Crippen molar-refractivity contribution >= 4 is 5.91 Å². The van der Waals surface area contributed by atoms with Crippen LogP contribution in [0, 0.1) is 23.7 Å². The normalized spacial score (nSPS) is 45.9. The fourth-order valence-corrected chi connectivity index (χ4v) is 3.79. The van der Waals surface area contributed by atoms with Gasteiger partial charge in [0.25, 0.3) is 0 Å². The number of rotatable bonds is 2. The lowest BCUT2D eigenvalue weighted by Gasteiger charge is -2.28. The summed E-state index contributed by atoms with van der Waals surface area (Å²) in [6, 6.07) is 0.310. The van der Waals surface area contributed by atoms with E-state index < -0.39 is 0 Å². The summed E-state index contributed by atoms with van der Waals surface area (Å²) in [6.45, 7) is 3.79. The van der Waals surface area contributed by atoms with Crippen molar-refractivity contribution in [1.82, 2.24) is 4.90 Å². The molecule has 4 unspecified atom stereocenters. The zero-order valence-electron chi connectivity index (χ0n) is 10.1. The first-order valence-electron chi connectivity index (χ1n) is 6.71. The molecule has 3 heteroatoms. The van der Waals surface area contributed by atoms with E-state index in [4.69, 9.17) is 5.73 Å². The van der Waals surface area contributed by atoms with E-state index >= 15 is 0 Å². The summed E-state index contributed by atoms with van der Waals surface area (Å²) in [5.74, 6) is 3.12. The highest BCUT2D eigenvalue weighted by Crippen LogP contribution is 2.54. The Hall–Kier alpha value is -0.570. The Balaban J connectivity index is 1.65.